The molecule has 6 heavy (non-hydrogen) atoms. The summed E-state index contributed by atoms with van der Waals surface area (Å²) in [6.07, 6.45) is 3.00. The van der Waals surface area contributed by atoms with E-state index < -0.39 is 0 Å². The van der Waals surface area contributed by atoms with Crippen LogP contribution in [0, 0.1) is 11.8 Å². The summed E-state index contributed by atoms with van der Waals surface area (Å²) < 4.78 is 0. The van der Waals surface area contributed by atoms with Crippen molar-refractivity contribution in [2.75, 3.05) is 0 Å². The molecule has 0 spiro atoms. The summed E-state index contributed by atoms with van der Waals surface area (Å²) in [5, 5.41) is 0. The zero-order valence-electron chi connectivity index (χ0n) is 4.57. The largest absolute Gasteiger partial charge is 0.0625 e. The molecule has 0 N–H and O–H groups in total. The van der Waals surface area contributed by atoms with Crippen molar-refractivity contribution >= 4 is 0 Å². The molecule has 0 unspecified atom stereocenters. The second-order valence-corrected chi connectivity index (χ2v) is 2.58. The lowest BCUT2D eigenvalue weighted by atomic mass is 10.1. The fraction of sp³-hybridized carbons (Fsp3) is 1.00. The van der Waals surface area contributed by atoms with Crippen molar-refractivity contribution < 1.29 is 7.13 Å². The van der Waals surface area contributed by atoms with Crippen LogP contribution in [0.3, 0.4) is 0 Å². The molecule has 0 aliphatic heterocycles. The maximum Gasteiger partial charge on any atom is 0 e. The zero-order valence-corrected chi connectivity index (χ0v) is 4.57. The van der Waals surface area contributed by atoms with Crippen molar-refractivity contribution in [2.24, 2.45) is 11.8 Å². The van der Waals surface area contributed by atoms with Crippen molar-refractivity contribution in [1.82, 2.24) is 0 Å². The highest BCUT2D eigenvalue weighted by Gasteiger charge is 2.23. The normalized spacial score (nSPS) is 22.5. The molecule has 0 nitrogen and oxygen atoms in total. The molecule has 0 saturated heterocycles. The maximum atomic E-state index is 2.30. The van der Waals surface area contributed by atoms with Crippen molar-refractivity contribution in [1.29, 1.82) is 0 Å². The summed E-state index contributed by atoms with van der Waals surface area (Å²) in [6, 6.07) is 0. The molecular weight excluding hydrogens is 72.1 g/mol. The van der Waals surface area contributed by atoms with Gasteiger partial charge in [-0.1, -0.05) is 13.8 Å². The van der Waals surface area contributed by atoms with Crippen LogP contribution in [0.4, 0.5) is 0 Å². The third kappa shape index (κ3) is 0.735. The first-order valence-corrected chi connectivity index (χ1v) is 2.80. The molecule has 0 heteroatoms. The van der Waals surface area contributed by atoms with Gasteiger partial charge < -0.3 is 0 Å². The van der Waals surface area contributed by atoms with Gasteiger partial charge >= 0.3 is 0 Å². The van der Waals surface area contributed by atoms with Crippen molar-refractivity contribution in [2.45, 2.75) is 26.7 Å². The molecule has 1 rings (SSSR count). The van der Waals surface area contributed by atoms with E-state index in [0.717, 1.165) is 11.8 Å². The van der Waals surface area contributed by atoms with Gasteiger partial charge in [0.05, 0.1) is 0 Å². The molecule has 0 heterocycles. The average molecular weight is 94.2 g/mol. The van der Waals surface area contributed by atoms with E-state index in [9.17, 15) is 0 Å². The van der Waals surface area contributed by atoms with Gasteiger partial charge in [0, 0.05) is 7.13 Å². The summed E-state index contributed by atoms with van der Waals surface area (Å²) in [6.45, 7) is 4.61. The van der Waals surface area contributed by atoms with Crippen LogP contribution in [0.5, 0.6) is 0 Å². The highest BCUT2D eigenvalue weighted by molar-refractivity contribution is 4.75. The van der Waals surface area contributed by atoms with E-state index in [1.165, 1.54) is 12.8 Å². The fourth-order valence-corrected chi connectivity index (χ4v) is 0.763. The van der Waals surface area contributed by atoms with Crippen molar-refractivity contribution in [3.8, 4) is 0 Å². The van der Waals surface area contributed by atoms with Gasteiger partial charge in [-0.2, -0.15) is 0 Å². The molecule has 0 aromatic rings. The minimum Gasteiger partial charge on any atom is -0.0625 e. The van der Waals surface area contributed by atoms with E-state index in [1.54, 1.807) is 0 Å². The molecule has 0 atom stereocenters. The highest BCUT2D eigenvalue weighted by atomic mass is 14.3. The summed E-state index contributed by atoms with van der Waals surface area (Å²) >= 11 is 0. The Labute approximate surface area is 47.0 Å². The molecule has 1 aliphatic rings. The van der Waals surface area contributed by atoms with Gasteiger partial charge in [0.15, 0.2) is 0 Å². The Bertz CT molecular complexity index is 52.9. The summed E-state index contributed by atoms with van der Waals surface area (Å²) in [5.41, 5.74) is 0. The van der Waals surface area contributed by atoms with Gasteiger partial charge in [-0.05, 0) is 24.7 Å². The second-order valence-electron chi connectivity index (χ2n) is 2.58. The van der Waals surface area contributed by atoms with E-state index >= 15 is 0 Å². The molecule has 0 radical (unpaired) electrons. The van der Waals surface area contributed by atoms with Crippen LogP contribution in [0.1, 0.15) is 33.8 Å². The van der Waals surface area contributed by atoms with Gasteiger partial charge in [-0.3, -0.25) is 0 Å². The monoisotopic (exact) mass is 94.2 g/mol. The molecule has 0 aromatic carbocycles. The van der Waals surface area contributed by atoms with Crippen LogP contribution in [0.25, 0.3) is 0 Å². The number of hydrogen-bond donors (Lipinski definition) is 0. The molecule has 0 bridgehead atoms. The van der Waals surface area contributed by atoms with Crippen LogP contribution >= 0.6 is 0 Å². The third-order valence-electron chi connectivity index (χ3n) is 1.56. The van der Waals surface area contributed by atoms with Crippen LogP contribution < -0.4 is 0 Å². The molecule has 46 valence electrons. The predicted molar refractivity (Wildman–Crippen MR) is 38.1 cm³/mol. The Balaban J connectivity index is -0.0000000240. The summed E-state index contributed by atoms with van der Waals surface area (Å²) in [7, 11) is 0. The van der Waals surface area contributed by atoms with E-state index in [-0.39, 0.29) is 7.13 Å². The van der Waals surface area contributed by atoms with Crippen molar-refractivity contribution in [3.63, 3.8) is 0 Å². The quantitative estimate of drug-likeness (QED) is 0.467. The Morgan fingerprint density at radius 2 is 2.00 bits per heavy atom. The molecule has 1 fully saturated rings. The minimum atomic E-state index is 0. The average Bonchev–Trinajstić information content (AvgIpc) is 2.06. The van der Waals surface area contributed by atoms with Crippen LogP contribution in [0.15, 0.2) is 0 Å². The van der Waals surface area contributed by atoms with Crippen LogP contribution in [-0.2, 0) is 0 Å². The molecule has 0 aromatic heterocycles. The fourth-order valence-electron chi connectivity index (χ4n) is 0.763. The predicted octanol–water partition coefficient (Wildman–Crippen LogP) is 3.28. The van der Waals surface area contributed by atoms with E-state index in [1.807, 2.05) is 0 Å². The van der Waals surface area contributed by atoms with Crippen LogP contribution in [0.2, 0.25) is 0 Å². The van der Waals surface area contributed by atoms with Gasteiger partial charge in [-0.25, -0.2) is 0 Å². The van der Waals surface area contributed by atoms with Crippen LogP contribution in [-0.4, -0.2) is 0 Å². The third-order valence-corrected chi connectivity index (χ3v) is 1.56. The Morgan fingerprint density at radius 1 is 1.50 bits per heavy atom. The Kier molecular flexibility index (Phi) is 0.868. The van der Waals surface area contributed by atoms with Gasteiger partial charge in [0.1, 0.15) is 0 Å². The Hall–Kier alpha value is 0. The summed E-state index contributed by atoms with van der Waals surface area (Å²) in [4.78, 5) is 0. The number of rotatable bonds is 1. The molecule has 1 saturated carbocycles. The SMILES string of the molecule is CC(C)C1CC1.[HH].[HH].[HH].[HH].[HH]. The maximum absolute atomic E-state index is 2.30. The highest BCUT2D eigenvalue weighted by Crippen LogP contribution is 2.35. The summed E-state index contributed by atoms with van der Waals surface area (Å²) in [5.74, 6) is 2.06. The van der Waals surface area contributed by atoms with E-state index in [2.05, 4.69) is 13.8 Å². The zero-order chi connectivity index (χ0) is 4.57. The first-order chi connectivity index (χ1) is 2.80. The Morgan fingerprint density at radius 3 is 2.00 bits per heavy atom. The van der Waals surface area contributed by atoms with E-state index in [0.29, 0.717) is 0 Å². The number of hydrogen-bond acceptors (Lipinski definition) is 0. The van der Waals surface area contributed by atoms with Gasteiger partial charge in [0.2, 0.25) is 0 Å². The lowest BCUT2D eigenvalue weighted by Gasteiger charge is -1.94. The minimum absolute atomic E-state index is 0. The van der Waals surface area contributed by atoms with Gasteiger partial charge in [0.25, 0.3) is 0 Å². The molecule has 0 amide bonds. The smallest absolute Gasteiger partial charge is 0 e. The lowest BCUT2D eigenvalue weighted by molar-refractivity contribution is 0.563. The first-order valence-electron chi connectivity index (χ1n) is 2.80. The molecular formula is C6H22. The topological polar surface area (TPSA) is 0 Å². The first kappa shape index (κ1) is 4.17. The van der Waals surface area contributed by atoms with Gasteiger partial charge in [-0.15, -0.1) is 0 Å². The lowest BCUT2D eigenvalue weighted by Crippen LogP contribution is -1.85. The second kappa shape index (κ2) is 1.25. The van der Waals surface area contributed by atoms with E-state index in [4.69, 9.17) is 0 Å². The standard InChI is InChI=1S/C6H12.5H2/c1-5(2)6-3-4-6;;;;;/h5-6H,3-4H2,1-2H3;5*1H. The molecule has 1 aliphatic carbocycles. The van der Waals surface area contributed by atoms with Crippen molar-refractivity contribution in [3.05, 3.63) is 0 Å².